The molecule has 0 heterocycles. The molecule has 0 radical (unpaired) electrons. The van der Waals surface area contributed by atoms with E-state index in [1.807, 2.05) is 0 Å². The molecule has 1 heteroatoms. The second kappa shape index (κ2) is 3.23. The molecule has 4 bridgehead atoms. The highest BCUT2D eigenvalue weighted by atomic mass is 16.5. The number of hydrogen-bond acceptors (Lipinski definition) is 1. The summed E-state index contributed by atoms with van der Waals surface area (Å²) in [5, 5.41) is 0. The third-order valence-electron chi connectivity index (χ3n) is 5.97. The Bertz CT molecular complexity index is 258. The molecule has 1 nitrogen and oxygen atoms in total. The minimum Gasteiger partial charge on any atom is -0.378 e. The van der Waals surface area contributed by atoms with Crippen LogP contribution in [0.2, 0.25) is 0 Å². The molecular formula is C14H24O. The fourth-order valence-corrected chi connectivity index (χ4v) is 5.19. The van der Waals surface area contributed by atoms with Crippen molar-refractivity contribution in [3.05, 3.63) is 0 Å². The van der Waals surface area contributed by atoms with E-state index in [9.17, 15) is 0 Å². The highest BCUT2D eigenvalue weighted by Crippen LogP contribution is 2.67. The normalized spacial score (nSPS) is 53.8. The van der Waals surface area contributed by atoms with Crippen LogP contribution in [0.4, 0.5) is 0 Å². The van der Waals surface area contributed by atoms with Crippen LogP contribution in [0.1, 0.15) is 46.5 Å². The Morgan fingerprint density at radius 3 is 2.73 bits per heavy atom. The average Bonchev–Trinajstić information content (AvgIpc) is 2.60. The molecule has 5 unspecified atom stereocenters. The molecule has 6 atom stereocenters. The summed E-state index contributed by atoms with van der Waals surface area (Å²) in [7, 11) is 0. The predicted octanol–water partition coefficient (Wildman–Crippen LogP) is 3.48. The molecule has 0 saturated heterocycles. The lowest BCUT2D eigenvalue weighted by atomic mass is 9.63. The Morgan fingerprint density at radius 2 is 2.07 bits per heavy atom. The molecule has 0 spiro atoms. The van der Waals surface area contributed by atoms with E-state index in [4.69, 9.17) is 4.74 Å². The molecule has 4 aliphatic carbocycles. The van der Waals surface area contributed by atoms with E-state index in [1.165, 1.54) is 25.7 Å². The maximum Gasteiger partial charge on any atom is 0.0605 e. The lowest BCUT2D eigenvalue weighted by Gasteiger charge is -2.45. The Hall–Kier alpha value is -0.0400. The van der Waals surface area contributed by atoms with E-state index < -0.39 is 0 Å². The van der Waals surface area contributed by atoms with Gasteiger partial charge in [0.15, 0.2) is 0 Å². The van der Waals surface area contributed by atoms with Crippen LogP contribution < -0.4 is 0 Å². The summed E-state index contributed by atoms with van der Waals surface area (Å²) in [6.07, 6.45) is 6.53. The van der Waals surface area contributed by atoms with Gasteiger partial charge in [0.05, 0.1) is 6.10 Å². The third-order valence-corrected chi connectivity index (χ3v) is 5.97. The molecule has 4 saturated carbocycles. The molecule has 0 aromatic carbocycles. The largest absolute Gasteiger partial charge is 0.378 e. The van der Waals surface area contributed by atoms with E-state index in [2.05, 4.69) is 20.8 Å². The Kier molecular flexibility index (Phi) is 2.18. The van der Waals surface area contributed by atoms with Gasteiger partial charge in [0.1, 0.15) is 0 Å². The van der Waals surface area contributed by atoms with Crippen molar-refractivity contribution in [2.24, 2.45) is 29.1 Å². The highest BCUT2D eigenvalue weighted by Gasteiger charge is 2.61. The second-order valence-electron chi connectivity index (χ2n) is 6.34. The van der Waals surface area contributed by atoms with Gasteiger partial charge in [0.25, 0.3) is 0 Å². The van der Waals surface area contributed by atoms with Crippen molar-refractivity contribution in [2.75, 3.05) is 6.61 Å². The summed E-state index contributed by atoms with van der Waals surface area (Å²) in [6.45, 7) is 7.84. The first-order chi connectivity index (χ1) is 7.16. The van der Waals surface area contributed by atoms with Crippen molar-refractivity contribution in [1.29, 1.82) is 0 Å². The zero-order chi connectivity index (χ0) is 10.6. The van der Waals surface area contributed by atoms with Crippen molar-refractivity contribution >= 4 is 0 Å². The van der Waals surface area contributed by atoms with Gasteiger partial charge in [0.2, 0.25) is 0 Å². The van der Waals surface area contributed by atoms with E-state index in [0.717, 1.165) is 30.3 Å². The van der Waals surface area contributed by atoms with E-state index >= 15 is 0 Å². The molecule has 4 rings (SSSR count). The summed E-state index contributed by atoms with van der Waals surface area (Å²) in [6, 6.07) is 0. The number of hydrogen-bond donors (Lipinski definition) is 0. The first kappa shape index (κ1) is 10.1. The molecule has 0 aliphatic heterocycles. The van der Waals surface area contributed by atoms with E-state index in [-0.39, 0.29) is 0 Å². The van der Waals surface area contributed by atoms with Gasteiger partial charge >= 0.3 is 0 Å². The van der Waals surface area contributed by atoms with Crippen LogP contribution in [0.15, 0.2) is 0 Å². The SMILES string of the molecule is CCOC(C)C1(C)C2CC3CC1[C@@H](C3)C2. The van der Waals surface area contributed by atoms with Gasteiger partial charge in [0, 0.05) is 6.61 Å². The average molecular weight is 208 g/mol. The van der Waals surface area contributed by atoms with Crippen LogP contribution in [0, 0.1) is 29.1 Å². The van der Waals surface area contributed by atoms with Crippen molar-refractivity contribution < 1.29 is 4.74 Å². The maximum absolute atomic E-state index is 5.93. The molecule has 0 aromatic heterocycles. The van der Waals surface area contributed by atoms with Crippen LogP contribution in [0.3, 0.4) is 0 Å². The van der Waals surface area contributed by atoms with Crippen molar-refractivity contribution in [3.63, 3.8) is 0 Å². The first-order valence-electron chi connectivity index (χ1n) is 6.77. The second-order valence-corrected chi connectivity index (χ2v) is 6.34. The fourth-order valence-electron chi connectivity index (χ4n) is 5.19. The van der Waals surface area contributed by atoms with Crippen molar-refractivity contribution in [2.45, 2.75) is 52.6 Å². The fraction of sp³-hybridized carbons (Fsp3) is 1.00. The summed E-state index contributed by atoms with van der Waals surface area (Å²) in [5.41, 5.74) is 0.508. The van der Waals surface area contributed by atoms with Crippen LogP contribution >= 0.6 is 0 Å². The molecule has 4 aliphatic rings. The molecule has 0 amide bonds. The Balaban J connectivity index is 1.86. The monoisotopic (exact) mass is 208 g/mol. The third kappa shape index (κ3) is 1.19. The number of rotatable bonds is 3. The van der Waals surface area contributed by atoms with E-state index in [0.29, 0.717) is 11.5 Å². The van der Waals surface area contributed by atoms with Gasteiger partial charge in [-0.15, -0.1) is 0 Å². The summed E-state index contributed by atoms with van der Waals surface area (Å²) in [5.74, 6) is 4.10. The van der Waals surface area contributed by atoms with Crippen LogP contribution in [0.25, 0.3) is 0 Å². The number of ether oxygens (including phenoxy) is 1. The summed E-state index contributed by atoms with van der Waals surface area (Å²) in [4.78, 5) is 0. The van der Waals surface area contributed by atoms with Gasteiger partial charge in [-0.25, -0.2) is 0 Å². The zero-order valence-corrected chi connectivity index (χ0v) is 10.3. The van der Waals surface area contributed by atoms with Gasteiger partial charge in [-0.05, 0) is 68.6 Å². The molecule has 15 heavy (non-hydrogen) atoms. The van der Waals surface area contributed by atoms with Crippen LogP contribution in [-0.4, -0.2) is 12.7 Å². The topological polar surface area (TPSA) is 9.23 Å². The van der Waals surface area contributed by atoms with E-state index in [1.54, 1.807) is 0 Å². The summed E-state index contributed by atoms with van der Waals surface area (Å²) >= 11 is 0. The Labute approximate surface area is 93.6 Å². The van der Waals surface area contributed by atoms with Gasteiger partial charge in [-0.1, -0.05) is 6.92 Å². The molecule has 4 fully saturated rings. The minimum atomic E-state index is 0.474. The lowest BCUT2D eigenvalue weighted by Crippen LogP contribution is -2.43. The standard InChI is InChI=1S/C14H24O/c1-4-15-9(2)14(3)12-6-10-5-11(8-12)13(14)7-10/h9-13H,4-8H2,1-3H3/t9?,10?,11-,12?,13?,14?/m0/s1. The molecular weight excluding hydrogens is 184 g/mol. The quantitative estimate of drug-likeness (QED) is 0.690. The van der Waals surface area contributed by atoms with Crippen LogP contribution in [0.5, 0.6) is 0 Å². The smallest absolute Gasteiger partial charge is 0.0605 e. The van der Waals surface area contributed by atoms with Gasteiger partial charge < -0.3 is 4.74 Å². The van der Waals surface area contributed by atoms with Gasteiger partial charge in [-0.3, -0.25) is 0 Å². The first-order valence-corrected chi connectivity index (χ1v) is 6.77. The van der Waals surface area contributed by atoms with Crippen molar-refractivity contribution in [3.8, 4) is 0 Å². The van der Waals surface area contributed by atoms with Gasteiger partial charge in [-0.2, -0.15) is 0 Å². The van der Waals surface area contributed by atoms with Crippen LogP contribution in [-0.2, 0) is 4.74 Å². The van der Waals surface area contributed by atoms with Crippen molar-refractivity contribution in [1.82, 2.24) is 0 Å². The minimum absolute atomic E-state index is 0.474. The highest BCUT2D eigenvalue weighted by molar-refractivity contribution is 5.10. The maximum atomic E-state index is 5.93. The molecule has 0 N–H and O–H groups in total. The zero-order valence-electron chi connectivity index (χ0n) is 10.3. The summed E-state index contributed by atoms with van der Waals surface area (Å²) < 4.78 is 5.93. The lowest BCUT2D eigenvalue weighted by molar-refractivity contribution is -0.0757. The molecule has 0 aromatic rings. The molecule has 86 valence electrons. The Morgan fingerprint density at radius 1 is 1.27 bits per heavy atom. The predicted molar refractivity (Wildman–Crippen MR) is 61.6 cm³/mol.